The number of benzene rings is 2. The molecule has 0 spiro atoms. The Labute approximate surface area is 124 Å². The van der Waals surface area contributed by atoms with Crippen molar-refractivity contribution in [2.45, 2.75) is 13.8 Å². The summed E-state index contributed by atoms with van der Waals surface area (Å²) in [7, 11) is 0. The summed E-state index contributed by atoms with van der Waals surface area (Å²) < 4.78 is 5.34. The van der Waals surface area contributed by atoms with Gasteiger partial charge in [0.25, 0.3) is 5.91 Å². The molecule has 1 amide bonds. The minimum absolute atomic E-state index is 0.242. The summed E-state index contributed by atoms with van der Waals surface area (Å²) in [5.41, 5.74) is 4.84. The number of hydrogen-bond donors (Lipinski definition) is 1. The molecule has 0 radical (unpaired) electrons. The minimum Gasteiger partial charge on any atom is -0.494 e. The van der Waals surface area contributed by atoms with Gasteiger partial charge in [0.05, 0.1) is 12.3 Å². The van der Waals surface area contributed by atoms with Gasteiger partial charge in [-0.3, -0.25) is 4.79 Å². The summed E-state index contributed by atoms with van der Waals surface area (Å²) in [6.45, 7) is 4.38. The van der Waals surface area contributed by atoms with E-state index in [1.165, 1.54) is 0 Å². The molecule has 0 saturated carbocycles. The van der Waals surface area contributed by atoms with E-state index in [0.717, 1.165) is 17.0 Å². The molecule has 4 heteroatoms. The fourth-order valence-electron chi connectivity index (χ4n) is 1.81. The van der Waals surface area contributed by atoms with Crippen molar-refractivity contribution in [3.05, 3.63) is 65.7 Å². The van der Waals surface area contributed by atoms with E-state index in [9.17, 15) is 4.79 Å². The molecule has 21 heavy (non-hydrogen) atoms. The number of rotatable bonds is 5. The molecule has 0 aliphatic heterocycles. The van der Waals surface area contributed by atoms with Crippen molar-refractivity contribution < 1.29 is 9.53 Å². The van der Waals surface area contributed by atoms with Gasteiger partial charge < -0.3 is 4.74 Å². The molecule has 0 saturated heterocycles. The van der Waals surface area contributed by atoms with Crippen LogP contribution in [0.25, 0.3) is 0 Å². The second kappa shape index (κ2) is 7.24. The number of ether oxygens (including phenoxy) is 1. The van der Waals surface area contributed by atoms with Crippen LogP contribution in [0.4, 0.5) is 0 Å². The van der Waals surface area contributed by atoms with E-state index in [0.29, 0.717) is 12.2 Å². The summed E-state index contributed by atoms with van der Waals surface area (Å²) in [5.74, 6) is 0.506. The Morgan fingerprint density at radius 2 is 1.71 bits per heavy atom. The van der Waals surface area contributed by atoms with Crippen molar-refractivity contribution in [3.8, 4) is 5.75 Å². The first-order valence-electron chi connectivity index (χ1n) is 6.83. The van der Waals surface area contributed by atoms with Crippen LogP contribution in [0.3, 0.4) is 0 Å². The van der Waals surface area contributed by atoms with Crippen molar-refractivity contribution in [3.63, 3.8) is 0 Å². The molecule has 0 fully saturated rings. The van der Waals surface area contributed by atoms with Gasteiger partial charge in [0.1, 0.15) is 5.75 Å². The first-order chi connectivity index (χ1) is 10.2. The number of hydrazone groups is 1. The van der Waals surface area contributed by atoms with Gasteiger partial charge in [-0.1, -0.05) is 30.3 Å². The molecule has 0 atom stereocenters. The standard InChI is InChI=1S/C17H18N2O2/c1-3-21-16-11-9-15(10-12-16)17(20)19-18-13(2)14-7-5-4-6-8-14/h4-12H,3H2,1-2H3,(H,19,20)/b18-13-. The summed E-state index contributed by atoms with van der Waals surface area (Å²) in [6, 6.07) is 16.7. The highest BCUT2D eigenvalue weighted by Gasteiger charge is 2.05. The lowest BCUT2D eigenvalue weighted by atomic mass is 10.1. The zero-order chi connectivity index (χ0) is 15.1. The van der Waals surface area contributed by atoms with E-state index < -0.39 is 0 Å². The minimum atomic E-state index is -0.242. The normalized spacial score (nSPS) is 11.0. The van der Waals surface area contributed by atoms with Gasteiger partial charge in [-0.05, 0) is 43.7 Å². The van der Waals surface area contributed by atoms with E-state index in [-0.39, 0.29) is 5.91 Å². The highest BCUT2D eigenvalue weighted by molar-refractivity contribution is 6.00. The van der Waals surface area contributed by atoms with Crippen LogP contribution in [0, 0.1) is 0 Å². The van der Waals surface area contributed by atoms with Crippen LogP contribution < -0.4 is 10.2 Å². The largest absolute Gasteiger partial charge is 0.494 e. The zero-order valence-electron chi connectivity index (χ0n) is 12.2. The Morgan fingerprint density at radius 3 is 2.33 bits per heavy atom. The molecule has 4 nitrogen and oxygen atoms in total. The molecule has 0 aromatic heterocycles. The molecule has 0 heterocycles. The molecular weight excluding hydrogens is 264 g/mol. The number of amides is 1. The average molecular weight is 282 g/mol. The molecule has 2 aromatic rings. The van der Waals surface area contributed by atoms with E-state index in [4.69, 9.17) is 4.74 Å². The smallest absolute Gasteiger partial charge is 0.271 e. The monoisotopic (exact) mass is 282 g/mol. The van der Waals surface area contributed by atoms with Crippen LogP contribution >= 0.6 is 0 Å². The quantitative estimate of drug-likeness (QED) is 0.676. The second-order valence-electron chi connectivity index (χ2n) is 4.46. The second-order valence-corrected chi connectivity index (χ2v) is 4.46. The van der Waals surface area contributed by atoms with Crippen molar-refractivity contribution in [2.75, 3.05) is 6.61 Å². The molecule has 0 bridgehead atoms. The number of hydrogen-bond acceptors (Lipinski definition) is 3. The van der Waals surface area contributed by atoms with Crippen molar-refractivity contribution in [1.82, 2.24) is 5.43 Å². The van der Waals surface area contributed by atoms with E-state index in [1.54, 1.807) is 24.3 Å². The molecule has 2 aromatic carbocycles. The third-order valence-electron chi connectivity index (χ3n) is 2.94. The zero-order valence-corrected chi connectivity index (χ0v) is 12.2. The summed E-state index contributed by atoms with van der Waals surface area (Å²) >= 11 is 0. The highest BCUT2D eigenvalue weighted by Crippen LogP contribution is 2.12. The van der Waals surface area contributed by atoms with Crippen LogP contribution in [-0.4, -0.2) is 18.2 Å². The van der Waals surface area contributed by atoms with Gasteiger partial charge >= 0.3 is 0 Å². The predicted octanol–water partition coefficient (Wildman–Crippen LogP) is 3.24. The summed E-state index contributed by atoms with van der Waals surface area (Å²) in [4.78, 5) is 12.0. The summed E-state index contributed by atoms with van der Waals surface area (Å²) in [5, 5.41) is 4.12. The number of carbonyl (C=O) groups excluding carboxylic acids is 1. The van der Waals surface area contributed by atoms with E-state index in [1.807, 2.05) is 44.2 Å². The first-order valence-corrected chi connectivity index (χ1v) is 6.83. The maximum atomic E-state index is 12.0. The van der Waals surface area contributed by atoms with E-state index >= 15 is 0 Å². The van der Waals surface area contributed by atoms with Gasteiger partial charge in [0, 0.05) is 5.56 Å². The number of nitrogens with zero attached hydrogens (tertiary/aromatic N) is 1. The van der Waals surface area contributed by atoms with Crippen molar-refractivity contribution in [2.24, 2.45) is 5.10 Å². The van der Waals surface area contributed by atoms with Crippen LogP contribution in [0.15, 0.2) is 59.7 Å². The van der Waals surface area contributed by atoms with Gasteiger partial charge in [-0.2, -0.15) is 5.10 Å². The third kappa shape index (κ3) is 4.18. The number of carbonyl (C=O) groups is 1. The Balaban J connectivity index is 2.01. The predicted molar refractivity (Wildman–Crippen MR) is 83.7 cm³/mol. The van der Waals surface area contributed by atoms with Crippen LogP contribution in [0.5, 0.6) is 5.75 Å². The third-order valence-corrected chi connectivity index (χ3v) is 2.94. The Bertz CT molecular complexity index is 619. The fourth-order valence-corrected chi connectivity index (χ4v) is 1.81. The topological polar surface area (TPSA) is 50.7 Å². The molecule has 0 aliphatic rings. The lowest BCUT2D eigenvalue weighted by molar-refractivity contribution is 0.0955. The van der Waals surface area contributed by atoms with Crippen molar-refractivity contribution in [1.29, 1.82) is 0 Å². The average Bonchev–Trinajstić information content (AvgIpc) is 2.54. The van der Waals surface area contributed by atoms with Gasteiger partial charge in [0.15, 0.2) is 0 Å². The molecular formula is C17H18N2O2. The van der Waals surface area contributed by atoms with E-state index in [2.05, 4.69) is 10.5 Å². The van der Waals surface area contributed by atoms with Crippen LogP contribution in [0.1, 0.15) is 29.8 Å². The summed E-state index contributed by atoms with van der Waals surface area (Å²) in [6.07, 6.45) is 0. The Morgan fingerprint density at radius 1 is 1.05 bits per heavy atom. The molecule has 0 unspecified atom stereocenters. The lowest BCUT2D eigenvalue weighted by Gasteiger charge is -2.05. The van der Waals surface area contributed by atoms with Gasteiger partial charge in [0.2, 0.25) is 0 Å². The Kier molecular flexibility index (Phi) is 5.10. The fraction of sp³-hybridized carbons (Fsp3) is 0.176. The van der Waals surface area contributed by atoms with Crippen molar-refractivity contribution >= 4 is 11.6 Å². The number of nitrogens with one attached hydrogen (secondary N) is 1. The first kappa shape index (κ1) is 14.8. The maximum Gasteiger partial charge on any atom is 0.271 e. The maximum absolute atomic E-state index is 12.0. The molecule has 2 rings (SSSR count). The van der Waals surface area contributed by atoms with Crippen LogP contribution in [-0.2, 0) is 0 Å². The van der Waals surface area contributed by atoms with Gasteiger partial charge in [-0.25, -0.2) is 5.43 Å². The highest BCUT2D eigenvalue weighted by atomic mass is 16.5. The molecule has 0 aliphatic carbocycles. The SMILES string of the molecule is CCOc1ccc(C(=O)N/N=C(/C)c2ccccc2)cc1. The Hall–Kier alpha value is -2.62. The lowest BCUT2D eigenvalue weighted by Crippen LogP contribution is -2.19. The molecule has 1 N–H and O–H groups in total. The molecule has 108 valence electrons. The van der Waals surface area contributed by atoms with Crippen LogP contribution in [0.2, 0.25) is 0 Å². The van der Waals surface area contributed by atoms with Gasteiger partial charge in [-0.15, -0.1) is 0 Å².